The van der Waals surface area contributed by atoms with Crippen LogP contribution in [0.25, 0.3) is 0 Å². The first-order valence-corrected chi connectivity index (χ1v) is 6.61. The zero-order valence-electron chi connectivity index (χ0n) is 11.2. The van der Waals surface area contributed by atoms with Gasteiger partial charge >= 0.3 is 0 Å². The Morgan fingerprint density at radius 1 is 1.35 bits per heavy atom. The number of methoxy groups -OCH3 is 1. The van der Waals surface area contributed by atoms with Crippen molar-refractivity contribution >= 4 is 15.9 Å². The van der Waals surface area contributed by atoms with Crippen molar-refractivity contribution in [2.45, 2.75) is 39.0 Å². The molecule has 1 aromatic rings. The second kappa shape index (κ2) is 5.40. The van der Waals surface area contributed by atoms with Crippen LogP contribution < -0.4 is 4.74 Å². The van der Waals surface area contributed by atoms with Gasteiger partial charge in [0.15, 0.2) is 0 Å². The van der Waals surface area contributed by atoms with Crippen molar-refractivity contribution in [2.24, 2.45) is 0 Å². The Balaban J connectivity index is 3.43. The highest BCUT2D eigenvalue weighted by atomic mass is 79.9. The number of rotatable bonds is 4. The van der Waals surface area contributed by atoms with Gasteiger partial charge in [0.05, 0.1) is 18.2 Å². The molecule has 1 N–H and O–H groups in total. The summed E-state index contributed by atoms with van der Waals surface area (Å²) >= 11 is 3.57. The van der Waals surface area contributed by atoms with Crippen molar-refractivity contribution in [2.75, 3.05) is 13.7 Å². The molecule has 0 amide bonds. The molecule has 0 aromatic heterocycles. The molecule has 17 heavy (non-hydrogen) atoms. The van der Waals surface area contributed by atoms with E-state index in [9.17, 15) is 5.11 Å². The van der Waals surface area contributed by atoms with Crippen molar-refractivity contribution in [3.05, 3.63) is 27.7 Å². The van der Waals surface area contributed by atoms with E-state index in [-0.39, 0.29) is 12.0 Å². The molecule has 0 aliphatic rings. The average molecular weight is 301 g/mol. The quantitative estimate of drug-likeness (QED) is 0.915. The first-order chi connectivity index (χ1) is 7.83. The summed E-state index contributed by atoms with van der Waals surface area (Å²) in [6.07, 6.45) is 0. The summed E-state index contributed by atoms with van der Waals surface area (Å²) in [4.78, 5) is 0. The molecule has 2 nitrogen and oxygen atoms in total. The summed E-state index contributed by atoms with van der Waals surface area (Å²) in [5.74, 6) is 1.26. The number of benzene rings is 1. The molecule has 0 saturated heterocycles. The van der Waals surface area contributed by atoms with Crippen molar-refractivity contribution in [3.63, 3.8) is 0 Å². The Labute approximate surface area is 112 Å². The third-order valence-corrected chi connectivity index (χ3v) is 3.89. The van der Waals surface area contributed by atoms with Crippen LogP contribution in [0.5, 0.6) is 5.75 Å². The molecule has 0 unspecified atom stereocenters. The van der Waals surface area contributed by atoms with Crippen LogP contribution in [0.3, 0.4) is 0 Å². The maximum absolute atomic E-state index is 9.50. The predicted molar refractivity (Wildman–Crippen MR) is 74.9 cm³/mol. The first-order valence-electron chi connectivity index (χ1n) is 5.82. The van der Waals surface area contributed by atoms with E-state index < -0.39 is 0 Å². The second-order valence-corrected chi connectivity index (χ2v) is 6.07. The number of aliphatic hydroxyl groups is 1. The van der Waals surface area contributed by atoms with E-state index in [0.717, 1.165) is 15.8 Å². The SMILES string of the molecule is COc1cc(C(C)C)cc(C(C)(C)CO)c1Br. The zero-order valence-corrected chi connectivity index (χ0v) is 12.8. The molecule has 3 heteroatoms. The molecule has 0 atom stereocenters. The molecule has 0 spiro atoms. The van der Waals surface area contributed by atoms with Crippen molar-refractivity contribution in [1.29, 1.82) is 0 Å². The van der Waals surface area contributed by atoms with Crippen LogP contribution in [-0.4, -0.2) is 18.8 Å². The molecule has 0 saturated carbocycles. The number of aliphatic hydroxyl groups excluding tert-OH is 1. The van der Waals surface area contributed by atoms with Crippen LogP contribution >= 0.6 is 15.9 Å². The minimum Gasteiger partial charge on any atom is -0.496 e. The van der Waals surface area contributed by atoms with E-state index in [1.54, 1.807) is 7.11 Å². The fourth-order valence-electron chi connectivity index (χ4n) is 1.68. The molecule has 0 bridgehead atoms. The maximum Gasteiger partial charge on any atom is 0.133 e. The molecular formula is C14H21BrO2. The standard InChI is InChI=1S/C14H21BrO2/c1-9(2)10-6-11(14(3,4)8-16)13(15)12(7-10)17-5/h6-7,9,16H,8H2,1-5H3. The molecule has 96 valence electrons. The maximum atomic E-state index is 9.50. The first kappa shape index (κ1) is 14.5. The van der Waals surface area contributed by atoms with E-state index in [0.29, 0.717) is 5.92 Å². The van der Waals surface area contributed by atoms with Crippen LogP contribution in [0.1, 0.15) is 44.7 Å². The van der Waals surface area contributed by atoms with Gasteiger partial charge in [0.2, 0.25) is 0 Å². The normalized spacial score (nSPS) is 12.0. The second-order valence-electron chi connectivity index (χ2n) is 5.28. The number of ether oxygens (including phenoxy) is 1. The Bertz CT molecular complexity index is 397. The van der Waals surface area contributed by atoms with E-state index in [2.05, 4.69) is 35.8 Å². The minimum atomic E-state index is -0.281. The van der Waals surface area contributed by atoms with E-state index in [1.807, 2.05) is 19.9 Å². The van der Waals surface area contributed by atoms with Gasteiger partial charge in [0.1, 0.15) is 5.75 Å². The number of hydrogen-bond donors (Lipinski definition) is 1. The number of hydrogen-bond acceptors (Lipinski definition) is 2. The Kier molecular flexibility index (Phi) is 4.62. The smallest absolute Gasteiger partial charge is 0.133 e. The van der Waals surface area contributed by atoms with Gasteiger partial charge in [-0.15, -0.1) is 0 Å². The monoisotopic (exact) mass is 300 g/mol. The van der Waals surface area contributed by atoms with Crippen molar-refractivity contribution in [3.8, 4) is 5.75 Å². The van der Waals surface area contributed by atoms with Gasteiger partial charge in [-0.25, -0.2) is 0 Å². The number of halogens is 1. The zero-order chi connectivity index (χ0) is 13.2. The van der Waals surface area contributed by atoms with E-state index >= 15 is 0 Å². The Hall–Kier alpha value is -0.540. The lowest BCUT2D eigenvalue weighted by molar-refractivity contribution is 0.217. The molecule has 0 radical (unpaired) electrons. The van der Waals surface area contributed by atoms with Crippen LogP contribution in [0.15, 0.2) is 16.6 Å². The molecule has 0 heterocycles. The fraction of sp³-hybridized carbons (Fsp3) is 0.571. The van der Waals surface area contributed by atoms with Crippen molar-refractivity contribution < 1.29 is 9.84 Å². The predicted octanol–water partition coefficient (Wildman–Crippen LogP) is 3.85. The van der Waals surface area contributed by atoms with Gasteiger partial charge in [0.25, 0.3) is 0 Å². The molecule has 0 fully saturated rings. The molecule has 1 rings (SSSR count). The van der Waals surface area contributed by atoms with Gasteiger partial charge in [0, 0.05) is 5.41 Å². The minimum absolute atomic E-state index is 0.107. The average Bonchev–Trinajstić information content (AvgIpc) is 2.28. The molecule has 1 aromatic carbocycles. The van der Waals surface area contributed by atoms with Gasteiger partial charge in [-0.05, 0) is 39.0 Å². The summed E-state index contributed by atoms with van der Waals surface area (Å²) < 4.78 is 6.32. The van der Waals surface area contributed by atoms with Gasteiger partial charge in [-0.3, -0.25) is 0 Å². The molecule has 0 aliphatic heterocycles. The summed E-state index contributed by atoms with van der Waals surface area (Å²) in [7, 11) is 1.67. The van der Waals surface area contributed by atoms with Crippen molar-refractivity contribution in [1.82, 2.24) is 0 Å². The summed E-state index contributed by atoms with van der Waals surface area (Å²) in [5.41, 5.74) is 2.03. The largest absolute Gasteiger partial charge is 0.496 e. The van der Waals surface area contributed by atoms with E-state index in [1.165, 1.54) is 5.56 Å². The lowest BCUT2D eigenvalue weighted by Crippen LogP contribution is -2.23. The molecular weight excluding hydrogens is 280 g/mol. The lowest BCUT2D eigenvalue weighted by Gasteiger charge is -2.26. The Morgan fingerprint density at radius 3 is 2.35 bits per heavy atom. The van der Waals surface area contributed by atoms with Gasteiger partial charge in [-0.1, -0.05) is 33.8 Å². The summed E-state index contributed by atoms with van der Waals surface area (Å²) in [6.45, 7) is 8.46. The molecule has 0 aliphatic carbocycles. The van der Waals surface area contributed by atoms with E-state index in [4.69, 9.17) is 4.74 Å². The van der Waals surface area contributed by atoms with Crippen LogP contribution in [0.4, 0.5) is 0 Å². The summed E-state index contributed by atoms with van der Waals surface area (Å²) in [5, 5.41) is 9.50. The van der Waals surface area contributed by atoms with Gasteiger partial charge in [-0.2, -0.15) is 0 Å². The van der Waals surface area contributed by atoms with Crippen LogP contribution in [0, 0.1) is 0 Å². The third kappa shape index (κ3) is 3.02. The fourth-order valence-corrected chi connectivity index (χ4v) is 2.61. The Morgan fingerprint density at radius 2 is 1.94 bits per heavy atom. The van der Waals surface area contributed by atoms with Gasteiger partial charge < -0.3 is 9.84 Å². The van der Waals surface area contributed by atoms with Crippen LogP contribution in [-0.2, 0) is 5.41 Å². The highest BCUT2D eigenvalue weighted by Gasteiger charge is 2.25. The third-order valence-electron chi connectivity index (χ3n) is 3.07. The highest BCUT2D eigenvalue weighted by molar-refractivity contribution is 9.10. The highest BCUT2D eigenvalue weighted by Crippen LogP contribution is 2.38. The van der Waals surface area contributed by atoms with Crippen LogP contribution in [0.2, 0.25) is 0 Å². The summed E-state index contributed by atoms with van der Waals surface area (Å²) in [6, 6.07) is 4.19. The topological polar surface area (TPSA) is 29.5 Å². The lowest BCUT2D eigenvalue weighted by atomic mass is 9.83.